The van der Waals surface area contributed by atoms with Gasteiger partial charge in [-0.25, -0.2) is 9.18 Å². The molecule has 5 nitrogen and oxygen atoms in total. The van der Waals surface area contributed by atoms with Crippen molar-refractivity contribution in [3.63, 3.8) is 0 Å². The van der Waals surface area contributed by atoms with Crippen molar-refractivity contribution < 1.29 is 14.0 Å². The zero-order chi connectivity index (χ0) is 18.8. The number of hydrogen-bond acceptors (Lipinski definition) is 3. The topological polar surface area (TPSA) is 52.7 Å². The van der Waals surface area contributed by atoms with Crippen molar-refractivity contribution in [1.82, 2.24) is 10.2 Å². The zero-order valence-electron chi connectivity index (χ0n) is 14.3. The third-order valence-corrected chi connectivity index (χ3v) is 4.65. The number of imide groups is 1. The summed E-state index contributed by atoms with van der Waals surface area (Å²) in [5.74, 6) is -0.931. The molecular weight excluding hydrogens is 401 g/mol. The Labute approximate surface area is 159 Å². The summed E-state index contributed by atoms with van der Waals surface area (Å²) in [4.78, 5) is 27.6. The average molecular weight is 418 g/mol. The molecule has 0 saturated carbocycles. The summed E-state index contributed by atoms with van der Waals surface area (Å²) in [5.41, 5.74) is 2.21. The lowest BCUT2D eigenvalue weighted by atomic mass is 10.1. The molecule has 7 heteroatoms. The standard InChI is InChI=1S/C19H17BrFN3O2/c1-23(2)17-8-7-12(9-14(17)20)10-16-18(25)24(19(26)22-16)11-13-5-3-4-6-15(13)21/h3-10H,11H2,1-2H3,(H,22,26)/b16-10+. The number of hydrogen-bond donors (Lipinski definition) is 1. The van der Waals surface area contributed by atoms with Crippen LogP contribution in [-0.4, -0.2) is 30.9 Å². The van der Waals surface area contributed by atoms with Gasteiger partial charge in [-0.3, -0.25) is 9.69 Å². The highest BCUT2D eigenvalue weighted by molar-refractivity contribution is 9.10. The van der Waals surface area contributed by atoms with Crippen molar-refractivity contribution in [3.05, 3.63) is 69.6 Å². The molecule has 1 aliphatic rings. The van der Waals surface area contributed by atoms with Crippen molar-refractivity contribution >= 4 is 39.6 Å². The van der Waals surface area contributed by atoms with Gasteiger partial charge >= 0.3 is 6.03 Å². The van der Waals surface area contributed by atoms with E-state index >= 15 is 0 Å². The molecule has 1 N–H and O–H groups in total. The molecule has 1 saturated heterocycles. The fraction of sp³-hybridized carbons (Fsp3) is 0.158. The van der Waals surface area contributed by atoms with Gasteiger partial charge in [0.2, 0.25) is 0 Å². The van der Waals surface area contributed by atoms with E-state index in [0.717, 1.165) is 20.6 Å². The zero-order valence-corrected chi connectivity index (χ0v) is 15.9. The second kappa shape index (κ2) is 7.29. The Balaban J connectivity index is 1.83. The first kappa shape index (κ1) is 18.1. The fourth-order valence-corrected chi connectivity index (χ4v) is 3.41. The van der Waals surface area contributed by atoms with Gasteiger partial charge in [-0.05, 0) is 45.8 Å². The molecule has 0 radical (unpaired) electrons. The number of amides is 3. The maximum atomic E-state index is 13.8. The van der Waals surface area contributed by atoms with Gasteiger partial charge in [0.1, 0.15) is 11.5 Å². The molecule has 0 aliphatic carbocycles. The van der Waals surface area contributed by atoms with Crippen molar-refractivity contribution in [2.75, 3.05) is 19.0 Å². The Morgan fingerprint density at radius 1 is 1.19 bits per heavy atom. The molecule has 1 fully saturated rings. The van der Waals surface area contributed by atoms with E-state index in [1.54, 1.807) is 24.3 Å². The van der Waals surface area contributed by atoms with Crippen molar-refractivity contribution in [2.24, 2.45) is 0 Å². The molecule has 134 valence electrons. The first-order valence-electron chi connectivity index (χ1n) is 7.91. The van der Waals surface area contributed by atoms with Gasteiger partial charge in [-0.15, -0.1) is 0 Å². The van der Waals surface area contributed by atoms with Crippen LogP contribution in [0.5, 0.6) is 0 Å². The van der Waals surface area contributed by atoms with Crippen LogP contribution in [0, 0.1) is 5.82 Å². The number of carbonyl (C=O) groups excluding carboxylic acids is 2. The van der Waals surface area contributed by atoms with Crippen LogP contribution in [0.2, 0.25) is 0 Å². The molecule has 2 aromatic rings. The van der Waals surface area contributed by atoms with Crippen LogP contribution >= 0.6 is 15.9 Å². The van der Waals surface area contributed by atoms with E-state index in [4.69, 9.17) is 0 Å². The summed E-state index contributed by atoms with van der Waals surface area (Å²) in [6.45, 7) is -0.113. The second-order valence-corrected chi connectivity index (χ2v) is 6.93. The molecule has 1 aliphatic heterocycles. The molecular formula is C19H17BrFN3O2. The number of nitrogens with one attached hydrogen (secondary N) is 1. The fourth-order valence-electron chi connectivity index (χ4n) is 2.65. The van der Waals surface area contributed by atoms with Crippen LogP contribution in [-0.2, 0) is 11.3 Å². The molecule has 0 spiro atoms. The SMILES string of the molecule is CN(C)c1ccc(/C=C2/NC(=O)N(Cc3ccccc3F)C2=O)cc1Br. The van der Waals surface area contributed by atoms with Crippen LogP contribution in [0.1, 0.15) is 11.1 Å². The number of benzene rings is 2. The van der Waals surface area contributed by atoms with E-state index in [2.05, 4.69) is 21.2 Å². The third kappa shape index (κ3) is 3.62. The van der Waals surface area contributed by atoms with E-state index in [0.29, 0.717) is 0 Å². The van der Waals surface area contributed by atoms with Gasteiger partial charge in [-0.2, -0.15) is 0 Å². The Hall–Kier alpha value is -2.67. The first-order valence-corrected chi connectivity index (χ1v) is 8.71. The van der Waals surface area contributed by atoms with E-state index in [9.17, 15) is 14.0 Å². The summed E-state index contributed by atoms with van der Waals surface area (Å²) < 4.78 is 14.7. The Kier molecular flexibility index (Phi) is 5.08. The van der Waals surface area contributed by atoms with Crippen molar-refractivity contribution in [1.29, 1.82) is 0 Å². The minimum atomic E-state index is -0.562. The molecule has 3 rings (SSSR count). The molecule has 3 amide bonds. The van der Waals surface area contributed by atoms with Gasteiger partial charge in [0.25, 0.3) is 5.91 Å². The number of nitrogens with zero attached hydrogens (tertiary/aromatic N) is 2. The van der Waals surface area contributed by atoms with E-state index in [-0.39, 0.29) is 17.8 Å². The first-order chi connectivity index (χ1) is 12.4. The Bertz CT molecular complexity index is 911. The highest BCUT2D eigenvalue weighted by Crippen LogP contribution is 2.27. The summed E-state index contributed by atoms with van der Waals surface area (Å²) in [6, 6.07) is 11.1. The van der Waals surface area contributed by atoms with Gasteiger partial charge in [0.05, 0.1) is 12.2 Å². The van der Waals surface area contributed by atoms with E-state index < -0.39 is 17.8 Å². The monoisotopic (exact) mass is 417 g/mol. The predicted octanol–water partition coefficient (Wildman–Crippen LogP) is 3.75. The number of rotatable bonds is 4. The molecule has 0 bridgehead atoms. The van der Waals surface area contributed by atoms with Gasteiger partial charge in [-0.1, -0.05) is 24.3 Å². The number of anilines is 1. The van der Waals surface area contributed by atoms with Crippen molar-refractivity contribution in [3.8, 4) is 0 Å². The summed E-state index contributed by atoms with van der Waals surface area (Å²) in [6.07, 6.45) is 1.60. The quantitative estimate of drug-likeness (QED) is 0.608. The molecule has 0 atom stereocenters. The maximum absolute atomic E-state index is 13.8. The Morgan fingerprint density at radius 3 is 2.58 bits per heavy atom. The van der Waals surface area contributed by atoms with E-state index in [1.807, 2.05) is 37.2 Å². The maximum Gasteiger partial charge on any atom is 0.329 e. The minimum Gasteiger partial charge on any atom is -0.377 e. The summed E-state index contributed by atoms with van der Waals surface area (Å²) in [5, 5.41) is 2.55. The summed E-state index contributed by atoms with van der Waals surface area (Å²) in [7, 11) is 3.86. The van der Waals surface area contributed by atoms with Crippen LogP contribution in [0.3, 0.4) is 0 Å². The van der Waals surface area contributed by atoms with Gasteiger partial charge in [0.15, 0.2) is 0 Å². The highest BCUT2D eigenvalue weighted by Gasteiger charge is 2.33. The summed E-state index contributed by atoms with van der Waals surface area (Å²) >= 11 is 3.49. The molecule has 2 aromatic carbocycles. The smallest absolute Gasteiger partial charge is 0.329 e. The average Bonchev–Trinajstić information content (AvgIpc) is 2.84. The normalized spacial score (nSPS) is 15.5. The van der Waals surface area contributed by atoms with Crippen LogP contribution in [0.15, 0.2) is 52.6 Å². The van der Waals surface area contributed by atoms with E-state index in [1.165, 1.54) is 6.07 Å². The van der Waals surface area contributed by atoms with Gasteiger partial charge < -0.3 is 10.2 Å². The second-order valence-electron chi connectivity index (χ2n) is 6.08. The Morgan fingerprint density at radius 2 is 1.92 bits per heavy atom. The number of halogens is 2. The van der Waals surface area contributed by atoms with Gasteiger partial charge in [0, 0.05) is 24.1 Å². The van der Waals surface area contributed by atoms with Crippen LogP contribution in [0.25, 0.3) is 6.08 Å². The molecule has 0 unspecified atom stereocenters. The molecule has 0 aromatic heterocycles. The number of carbonyl (C=O) groups is 2. The van der Waals surface area contributed by atoms with Crippen LogP contribution < -0.4 is 10.2 Å². The minimum absolute atomic E-state index is 0.113. The lowest BCUT2D eigenvalue weighted by Crippen LogP contribution is -2.30. The van der Waals surface area contributed by atoms with Crippen LogP contribution in [0.4, 0.5) is 14.9 Å². The molecule has 26 heavy (non-hydrogen) atoms. The molecule has 1 heterocycles. The van der Waals surface area contributed by atoms with Crippen molar-refractivity contribution in [2.45, 2.75) is 6.54 Å². The predicted molar refractivity (Wildman–Crippen MR) is 102 cm³/mol. The third-order valence-electron chi connectivity index (χ3n) is 4.01. The highest BCUT2D eigenvalue weighted by atomic mass is 79.9. The lowest BCUT2D eigenvalue weighted by Gasteiger charge is -2.14. The lowest BCUT2D eigenvalue weighted by molar-refractivity contribution is -0.123. The largest absolute Gasteiger partial charge is 0.377 e. The number of urea groups is 1.